The molecular weight excluding hydrogens is 238 g/mol. The fourth-order valence-corrected chi connectivity index (χ4v) is 1.82. The van der Waals surface area contributed by atoms with Gasteiger partial charge in [0.05, 0.1) is 5.52 Å². The number of benzene rings is 1. The van der Waals surface area contributed by atoms with Crippen molar-refractivity contribution in [2.45, 2.75) is 6.54 Å². The van der Waals surface area contributed by atoms with Crippen molar-refractivity contribution in [2.24, 2.45) is 5.73 Å². The van der Waals surface area contributed by atoms with Gasteiger partial charge in [0.1, 0.15) is 5.75 Å². The Morgan fingerprint density at radius 2 is 2.00 bits per heavy atom. The third-order valence-electron chi connectivity index (χ3n) is 2.83. The lowest BCUT2D eigenvalue weighted by Crippen LogP contribution is -1.97. The molecule has 0 saturated carbocycles. The Morgan fingerprint density at radius 1 is 1.05 bits per heavy atom. The second-order valence-corrected chi connectivity index (χ2v) is 4.17. The quantitative estimate of drug-likeness (QED) is 0.777. The average Bonchev–Trinajstić information content (AvgIpc) is 2.48. The van der Waals surface area contributed by atoms with Crippen LogP contribution < -0.4 is 10.5 Å². The first-order valence-electron chi connectivity index (χ1n) is 6.03. The van der Waals surface area contributed by atoms with Crippen molar-refractivity contribution in [1.29, 1.82) is 0 Å². The monoisotopic (exact) mass is 251 g/mol. The summed E-state index contributed by atoms with van der Waals surface area (Å²) in [6, 6.07) is 13.4. The Bertz CT molecular complexity index is 695. The molecule has 1 aromatic carbocycles. The summed E-state index contributed by atoms with van der Waals surface area (Å²) in [5.74, 6) is 1.27. The van der Waals surface area contributed by atoms with Crippen LogP contribution in [0, 0.1) is 0 Å². The molecule has 2 N–H and O–H groups in total. The van der Waals surface area contributed by atoms with E-state index in [2.05, 4.69) is 9.97 Å². The first kappa shape index (κ1) is 11.6. The van der Waals surface area contributed by atoms with Crippen LogP contribution in [0.5, 0.6) is 11.6 Å². The molecule has 4 heteroatoms. The van der Waals surface area contributed by atoms with Crippen molar-refractivity contribution in [2.75, 3.05) is 0 Å². The standard InChI is InChI=1S/C15H13N3O/c16-9-11-3-6-15(18-10-11)19-13-5-4-12-2-1-7-17-14(12)8-13/h1-8,10H,9,16H2. The van der Waals surface area contributed by atoms with E-state index in [1.807, 2.05) is 42.5 Å². The molecule has 3 aromatic rings. The van der Waals surface area contributed by atoms with Gasteiger partial charge in [-0.1, -0.05) is 12.1 Å². The number of hydrogen-bond donors (Lipinski definition) is 1. The zero-order valence-corrected chi connectivity index (χ0v) is 10.3. The van der Waals surface area contributed by atoms with E-state index in [1.54, 1.807) is 12.4 Å². The maximum absolute atomic E-state index is 5.69. The van der Waals surface area contributed by atoms with E-state index in [1.165, 1.54) is 0 Å². The van der Waals surface area contributed by atoms with E-state index in [0.29, 0.717) is 12.4 Å². The van der Waals surface area contributed by atoms with Crippen LogP contribution in [0.25, 0.3) is 10.9 Å². The van der Waals surface area contributed by atoms with Crippen molar-refractivity contribution in [3.63, 3.8) is 0 Å². The van der Waals surface area contributed by atoms with Crippen molar-refractivity contribution < 1.29 is 4.74 Å². The lowest BCUT2D eigenvalue weighted by atomic mass is 10.2. The highest BCUT2D eigenvalue weighted by Gasteiger charge is 2.01. The van der Waals surface area contributed by atoms with E-state index < -0.39 is 0 Å². The average molecular weight is 251 g/mol. The van der Waals surface area contributed by atoms with Crippen LogP contribution in [0.3, 0.4) is 0 Å². The van der Waals surface area contributed by atoms with Crippen molar-refractivity contribution in [3.8, 4) is 11.6 Å². The Labute approximate surface area is 110 Å². The third-order valence-corrected chi connectivity index (χ3v) is 2.83. The predicted molar refractivity (Wildman–Crippen MR) is 73.9 cm³/mol. The highest BCUT2D eigenvalue weighted by molar-refractivity contribution is 5.79. The Kier molecular flexibility index (Phi) is 3.08. The van der Waals surface area contributed by atoms with Crippen LogP contribution in [0.1, 0.15) is 5.56 Å². The molecular formula is C15H13N3O. The second kappa shape index (κ2) is 5.04. The molecule has 0 unspecified atom stereocenters. The molecule has 0 radical (unpaired) electrons. The predicted octanol–water partition coefficient (Wildman–Crippen LogP) is 2.88. The molecule has 0 fully saturated rings. The first-order valence-corrected chi connectivity index (χ1v) is 6.03. The summed E-state index contributed by atoms with van der Waals surface area (Å²) in [4.78, 5) is 8.50. The molecule has 0 aliphatic heterocycles. The molecule has 3 rings (SSSR count). The summed E-state index contributed by atoms with van der Waals surface area (Å²) in [6.45, 7) is 0.479. The van der Waals surface area contributed by atoms with Gasteiger partial charge in [-0.3, -0.25) is 4.98 Å². The number of nitrogens with two attached hydrogens (primary N) is 1. The number of fused-ring (bicyclic) bond motifs is 1. The minimum Gasteiger partial charge on any atom is -0.439 e. The number of rotatable bonds is 3. The second-order valence-electron chi connectivity index (χ2n) is 4.17. The largest absolute Gasteiger partial charge is 0.439 e. The molecule has 0 atom stereocenters. The topological polar surface area (TPSA) is 61.0 Å². The molecule has 0 saturated heterocycles. The number of ether oxygens (including phenoxy) is 1. The Morgan fingerprint density at radius 3 is 2.79 bits per heavy atom. The van der Waals surface area contributed by atoms with Crippen molar-refractivity contribution in [1.82, 2.24) is 9.97 Å². The molecule has 94 valence electrons. The molecule has 0 amide bonds. The lowest BCUT2D eigenvalue weighted by Gasteiger charge is -2.06. The summed E-state index contributed by atoms with van der Waals surface area (Å²) in [5.41, 5.74) is 7.41. The van der Waals surface area contributed by atoms with Gasteiger partial charge in [0.2, 0.25) is 5.88 Å². The zero-order valence-electron chi connectivity index (χ0n) is 10.3. The summed E-state index contributed by atoms with van der Waals surface area (Å²) in [6.07, 6.45) is 3.48. The smallest absolute Gasteiger partial charge is 0.219 e. The van der Waals surface area contributed by atoms with Gasteiger partial charge < -0.3 is 10.5 Å². The van der Waals surface area contributed by atoms with Crippen LogP contribution in [0.2, 0.25) is 0 Å². The van der Waals surface area contributed by atoms with Crippen LogP contribution >= 0.6 is 0 Å². The van der Waals surface area contributed by atoms with Gasteiger partial charge in [0.15, 0.2) is 0 Å². The number of aromatic nitrogens is 2. The zero-order chi connectivity index (χ0) is 13.1. The lowest BCUT2D eigenvalue weighted by molar-refractivity contribution is 0.463. The van der Waals surface area contributed by atoms with Gasteiger partial charge in [0, 0.05) is 36.5 Å². The van der Waals surface area contributed by atoms with E-state index in [-0.39, 0.29) is 0 Å². The van der Waals surface area contributed by atoms with Crippen molar-refractivity contribution in [3.05, 3.63) is 60.4 Å². The van der Waals surface area contributed by atoms with E-state index in [9.17, 15) is 0 Å². The molecule has 19 heavy (non-hydrogen) atoms. The third kappa shape index (κ3) is 2.53. The minimum absolute atomic E-state index is 0.479. The summed E-state index contributed by atoms with van der Waals surface area (Å²) in [5, 5.41) is 1.08. The number of nitrogens with zero attached hydrogens (tertiary/aromatic N) is 2. The van der Waals surface area contributed by atoms with Gasteiger partial charge in [-0.15, -0.1) is 0 Å². The fourth-order valence-electron chi connectivity index (χ4n) is 1.82. The number of hydrogen-bond acceptors (Lipinski definition) is 4. The van der Waals surface area contributed by atoms with Gasteiger partial charge >= 0.3 is 0 Å². The van der Waals surface area contributed by atoms with E-state index >= 15 is 0 Å². The number of pyridine rings is 2. The van der Waals surface area contributed by atoms with Crippen LogP contribution in [-0.2, 0) is 6.54 Å². The Balaban J connectivity index is 1.87. The molecule has 0 aliphatic rings. The van der Waals surface area contributed by atoms with Crippen molar-refractivity contribution >= 4 is 10.9 Å². The van der Waals surface area contributed by atoms with E-state index in [0.717, 1.165) is 22.2 Å². The fraction of sp³-hybridized carbons (Fsp3) is 0.0667. The normalized spacial score (nSPS) is 10.6. The SMILES string of the molecule is NCc1ccc(Oc2ccc3cccnc3c2)nc1. The molecule has 2 aromatic heterocycles. The van der Waals surface area contributed by atoms with Crippen LogP contribution in [-0.4, -0.2) is 9.97 Å². The van der Waals surface area contributed by atoms with Gasteiger partial charge in [0.25, 0.3) is 0 Å². The summed E-state index contributed by atoms with van der Waals surface area (Å²) in [7, 11) is 0. The molecule has 0 spiro atoms. The van der Waals surface area contributed by atoms with Crippen LogP contribution in [0.4, 0.5) is 0 Å². The summed E-state index contributed by atoms with van der Waals surface area (Å²) < 4.78 is 5.69. The molecule has 4 nitrogen and oxygen atoms in total. The highest BCUT2D eigenvalue weighted by Crippen LogP contribution is 2.23. The highest BCUT2D eigenvalue weighted by atomic mass is 16.5. The first-order chi connectivity index (χ1) is 9.35. The Hall–Kier alpha value is -2.46. The maximum Gasteiger partial charge on any atom is 0.219 e. The van der Waals surface area contributed by atoms with E-state index in [4.69, 9.17) is 10.5 Å². The van der Waals surface area contributed by atoms with Gasteiger partial charge in [-0.05, 0) is 23.8 Å². The summed E-state index contributed by atoms with van der Waals surface area (Å²) >= 11 is 0. The molecule has 0 bridgehead atoms. The van der Waals surface area contributed by atoms with Gasteiger partial charge in [-0.2, -0.15) is 0 Å². The van der Waals surface area contributed by atoms with Gasteiger partial charge in [-0.25, -0.2) is 4.98 Å². The maximum atomic E-state index is 5.69. The molecule has 0 aliphatic carbocycles. The molecule has 2 heterocycles. The minimum atomic E-state index is 0.479. The van der Waals surface area contributed by atoms with Crippen LogP contribution in [0.15, 0.2) is 54.9 Å².